The number of thioether (sulfide) groups is 1. The molecule has 0 aliphatic heterocycles. The zero-order valence-corrected chi connectivity index (χ0v) is 12.9. The molecule has 1 rings (SSSR count). The Morgan fingerprint density at radius 2 is 2.00 bits per heavy atom. The van der Waals surface area contributed by atoms with Gasteiger partial charge in [0.2, 0.25) is 0 Å². The van der Waals surface area contributed by atoms with Crippen LogP contribution >= 0.6 is 11.8 Å². The average Bonchev–Trinajstić information content (AvgIpc) is 2.80. The van der Waals surface area contributed by atoms with Gasteiger partial charge in [0.15, 0.2) is 0 Å². The second-order valence-electron chi connectivity index (χ2n) is 5.41. The predicted octanol–water partition coefficient (Wildman–Crippen LogP) is 1.14. The summed E-state index contributed by atoms with van der Waals surface area (Å²) in [6, 6.07) is -1.32. The van der Waals surface area contributed by atoms with Crippen LogP contribution in [0.3, 0.4) is 0 Å². The number of nitrogens with one attached hydrogen (secondary N) is 1. The van der Waals surface area contributed by atoms with Gasteiger partial charge in [-0.1, -0.05) is 12.8 Å². The summed E-state index contributed by atoms with van der Waals surface area (Å²) in [7, 11) is 1.58. The number of likely N-dealkylation sites (N-methyl/N-ethyl adjacent to an activating group) is 1. The number of carboxylic acids is 1. The van der Waals surface area contributed by atoms with Crippen molar-refractivity contribution < 1.29 is 19.8 Å². The quantitative estimate of drug-likeness (QED) is 0.656. The number of urea groups is 1. The smallest absolute Gasteiger partial charge is 0.326 e. The number of rotatable bonds is 7. The third-order valence-corrected chi connectivity index (χ3v) is 4.26. The van der Waals surface area contributed by atoms with E-state index in [1.54, 1.807) is 18.8 Å². The Balaban J connectivity index is 2.48. The lowest BCUT2D eigenvalue weighted by atomic mass is 10.0. The lowest BCUT2D eigenvalue weighted by molar-refractivity contribution is -0.139. The number of carbonyl (C=O) groups excluding carboxylic acids is 1. The number of hydrogen-bond acceptors (Lipinski definition) is 4. The fourth-order valence-electron chi connectivity index (χ4n) is 2.46. The van der Waals surface area contributed by atoms with Crippen LogP contribution in [-0.4, -0.2) is 64.4 Å². The van der Waals surface area contributed by atoms with Gasteiger partial charge in [-0.15, -0.1) is 0 Å². The van der Waals surface area contributed by atoms with Gasteiger partial charge in [-0.05, 0) is 31.3 Å². The molecule has 0 saturated heterocycles. The summed E-state index contributed by atoms with van der Waals surface area (Å²) in [6.45, 7) is 0.244. The normalized spacial score (nSPS) is 18.6. The maximum atomic E-state index is 12.0. The van der Waals surface area contributed by atoms with Gasteiger partial charge in [0.05, 0.1) is 12.1 Å². The van der Waals surface area contributed by atoms with Crippen molar-refractivity contribution in [1.82, 2.24) is 10.2 Å². The minimum atomic E-state index is -1.03. The molecule has 1 fully saturated rings. The first-order valence-corrected chi connectivity index (χ1v) is 8.23. The van der Waals surface area contributed by atoms with Gasteiger partial charge in [0, 0.05) is 7.05 Å². The molecule has 1 unspecified atom stereocenters. The summed E-state index contributed by atoms with van der Waals surface area (Å²) in [5.74, 6) is -0.356. The molecular weight excluding hydrogens is 280 g/mol. The molecule has 7 heteroatoms. The molecule has 20 heavy (non-hydrogen) atoms. The number of amides is 2. The van der Waals surface area contributed by atoms with E-state index >= 15 is 0 Å². The summed E-state index contributed by atoms with van der Waals surface area (Å²) in [5.41, 5.74) is -0.815. The Morgan fingerprint density at radius 1 is 1.40 bits per heavy atom. The Bertz CT molecular complexity index is 345. The standard InChI is InChI=1S/C13H24N2O4S/c1-15(9-13(19)6-3-4-7-13)12(18)14-10(11(16)17)5-8-20-2/h10,19H,3-9H2,1-2H3,(H,14,18)(H,16,17). The molecule has 0 bridgehead atoms. The minimum Gasteiger partial charge on any atom is -0.480 e. The van der Waals surface area contributed by atoms with Gasteiger partial charge in [-0.2, -0.15) is 11.8 Å². The molecule has 1 aliphatic rings. The van der Waals surface area contributed by atoms with Crippen LogP contribution in [0.2, 0.25) is 0 Å². The molecule has 3 N–H and O–H groups in total. The van der Waals surface area contributed by atoms with Crippen molar-refractivity contribution in [3.05, 3.63) is 0 Å². The maximum Gasteiger partial charge on any atom is 0.326 e. The summed E-state index contributed by atoms with van der Waals surface area (Å²) >= 11 is 1.54. The van der Waals surface area contributed by atoms with E-state index < -0.39 is 23.6 Å². The molecule has 0 aromatic carbocycles. The van der Waals surface area contributed by atoms with Crippen molar-refractivity contribution in [2.75, 3.05) is 25.6 Å². The van der Waals surface area contributed by atoms with Crippen molar-refractivity contribution >= 4 is 23.8 Å². The van der Waals surface area contributed by atoms with Crippen LogP contribution in [0.5, 0.6) is 0 Å². The average molecular weight is 304 g/mol. The lowest BCUT2D eigenvalue weighted by Crippen LogP contribution is -2.50. The van der Waals surface area contributed by atoms with E-state index in [9.17, 15) is 14.7 Å². The molecule has 116 valence electrons. The van der Waals surface area contributed by atoms with E-state index in [2.05, 4.69) is 5.32 Å². The van der Waals surface area contributed by atoms with E-state index in [1.165, 1.54) is 4.90 Å². The highest BCUT2D eigenvalue weighted by atomic mass is 32.2. The highest BCUT2D eigenvalue weighted by Crippen LogP contribution is 2.29. The maximum absolute atomic E-state index is 12.0. The van der Waals surface area contributed by atoms with E-state index in [4.69, 9.17) is 5.11 Å². The summed E-state index contributed by atoms with van der Waals surface area (Å²) in [5, 5.41) is 21.8. The van der Waals surface area contributed by atoms with E-state index in [1.807, 2.05) is 6.26 Å². The number of aliphatic carboxylic acids is 1. The summed E-state index contributed by atoms with van der Waals surface area (Å²) in [6.07, 6.45) is 5.61. The minimum absolute atomic E-state index is 0.244. The first-order chi connectivity index (χ1) is 9.38. The van der Waals surface area contributed by atoms with Crippen LogP contribution < -0.4 is 5.32 Å². The van der Waals surface area contributed by atoms with Crippen molar-refractivity contribution in [2.24, 2.45) is 0 Å². The monoisotopic (exact) mass is 304 g/mol. The number of nitrogens with zero attached hydrogens (tertiary/aromatic N) is 1. The lowest BCUT2D eigenvalue weighted by Gasteiger charge is -2.29. The molecule has 1 saturated carbocycles. The third kappa shape index (κ3) is 5.20. The van der Waals surface area contributed by atoms with Gasteiger partial charge in [-0.25, -0.2) is 9.59 Å². The van der Waals surface area contributed by atoms with Gasteiger partial charge in [0.1, 0.15) is 6.04 Å². The largest absolute Gasteiger partial charge is 0.480 e. The molecule has 0 aromatic heterocycles. The predicted molar refractivity (Wildman–Crippen MR) is 79.0 cm³/mol. The number of aliphatic hydroxyl groups is 1. The van der Waals surface area contributed by atoms with Crippen molar-refractivity contribution in [3.8, 4) is 0 Å². The van der Waals surface area contributed by atoms with Gasteiger partial charge in [-0.3, -0.25) is 0 Å². The van der Waals surface area contributed by atoms with Gasteiger partial charge >= 0.3 is 12.0 Å². The summed E-state index contributed by atoms with van der Waals surface area (Å²) < 4.78 is 0. The van der Waals surface area contributed by atoms with E-state index in [-0.39, 0.29) is 6.54 Å². The zero-order valence-electron chi connectivity index (χ0n) is 12.1. The van der Waals surface area contributed by atoms with Crippen LogP contribution in [-0.2, 0) is 4.79 Å². The molecule has 0 radical (unpaired) electrons. The van der Waals surface area contributed by atoms with E-state index in [0.29, 0.717) is 25.0 Å². The van der Waals surface area contributed by atoms with Crippen LogP contribution in [0.15, 0.2) is 0 Å². The zero-order chi connectivity index (χ0) is 15.2. The topological polar surface area (TPSA) is 89.9 Å². The Labute approximate surface area is 123 Å². The first kappa shape index (κ1) is 17.1. The molecule has 0 heterocycles. The van der Waals surface area contributed by atoms with Crippen molar-refractivity contribution in [3.63, 3.8) is 0 Å². The third-order valence-electron chi connectivity index (χ3n) is 3.62. The molecular formula is C13H24N2O4S. The molecule has 1 aliphatic carbocycles. The van der Waals surface area contributed by atoms with Crippen molar-refractivity contribution in [2.45, 2.75) is 43.7 Å². The second-order valence-corrected chi connectivity index (χ2v) is 6.39. The van der Waals surface area contributed by atoms with Gasteiger partial charge in [0.25, 0.3) is 0 Å². The Hall–Kier alpha value is -0.950. The molecule has 2 amide bonds. The number of carboxylic acid groups (broad SMARTS) is 1. The molecule has 6 nitrogen and oxygen atoms in total. The van der Waals surface area contributed by atoms with Crippen LogP contribution in [0.25, 0.3) is 0 Å². The SMILES string of the molecule is CSCCC(NC(=O)N(C)CC1(O)CCCC1)C(=O)O. The molecule has 0 spiro atoms. The summed E-state index contributed by atoms with van der Waals surface area (Å²) in [4.78, 5) is 24.4. The second kappa shape index (κ2) is 7.73. The fraction of sp³-hybridized carbons (Fsp3) is 0.846. The van der Waals surface area contributed by atoms with Crippen LogP contribution in [0, 0.1) is 0 Å². The highest BCUT2D eigenvalue weighted by Gasteiger charge is 2.34. The van der Waals surface area contributed by atoms with Gasteiger partial charge < -0.3 is 20.4 Å². The molecule has 1 atom stereocenters. The highest BCUT2D eigenvalue weighted by molar-refractivity contribution is 7.98. The number of hydrogen-bond donors (Lipinski definition) is 3. The Kier molecular flexibility index (Phi) is 6.61. The first-order valence-electron chi connectivity index (χ1n) is 6.84. The van der Waals surface area contributed by atoms with Crippen LogP contribution in [0.1, 0.15) is 32.1 Å². The fourth-order valence-corrected chi connectivity index (χ4v) is 2.93. The number of carbonyl (C=O) groups is 2. The van der Waals surface area contributed by atoms with E-state index in [0.717, 1.165) is 12.8 Å². The Morgan fingerprint density at radius 3 is 2.50 bits per heavy atom. The van der Waals surface area contributed by atoms with Crippen LogP contribution in [0.4, 0.5) is 4.79 Å². The molecule has 0 aromatic rings. The van der Waals surface area contributed by atoms with Crippen molar-refractivity contribution in [1.29, 1.82) is 0 Å².